The molecule has 3 nitrogen and oxygen atoms in total. The van der Waals surface area contributed by atoms with Crippen LogP contribution in [0, 0.1) is 6.92 Å². The van der Waals surface area contributed by atoms with E-state index in [1.165, 1.54) is 22.0 Å². The molecular formula is C10H11N3S. The fourth-order valence-electron chi connectivity index (χ4n) is 1.88. The third-order valence-electron chi connectivity index (χ3n) is 2.63. The Hall–Kier alpha value is -1.13. The van der Waals surface area contributed by atoms with E-state index in [2.05, 4.69) is 39.5 Å². The van der Waals surface area contributed by atoms with Crippen LogP contribution in [0.3, 0.4) is 0 Å². The monoisotopic (exact) mass is 205 g/mol. The van der Waals surface area contributed by atoms with Gasteiger partial charge in [-0.15, -0.1) is 11.3 Å². The Kier molecular flexibility index (Phi) is 1.72. The minimum atomic E-state index is 0.911. The smallest absolute Gasteiger partial charge is 0.117 e. The highest BCUT2D eigenvalue weighted by Gasteiger charge is 2.19. The molecule has 1 aliphatic rings. The quantitative estimate of drug-likeness (QED) is 0.770. The van der Waals surface area contributed by atoms with Crippen molar-refractivity contribution in [3.05, 3.63) is 34.5 Å². The Morgan fingerprint density at radius 3 is 3.14 bits per heavy atom. The summed E-state index contributed by atoms with van der Waals surface area (Å²) >= 11 is 1.73. The van der Waals surface area contributed by atoms with Gasteiger partial charge in [-0.2, -0.15) is 5.10 Å². The molecule has 1 aliphatic heterocycles. The van der Waals surface area contributed by atoms with Gasteiger partial charge < -0.3 is 5.32 Å². The maximum atomic E-state index is 4.60. The maximum Gasteiger partial charge on any atom is 0.117 e. The van der Waals surface area contributed by atoms with Gasteiger partial charge in [-0.1, -0.05) is 0 Å². The van der Waals surface area contributed by atoms with Crippen LogP contribution >= 0.6 is 11.3 Å². The molecule has 0 saturated heterocycles. The Morgan fingerprint density at radius 2 is 2.43 bits per heavy atom. The maximum absolute atomic E-state index is 4.60. The van der Waals surface area contributed by atoms with Crippen molar-refractivity contribution < 1.29 is 0 Å². The SMILES string of the molecule is Cc1c2c(nn1-c1cccs1)CNC2. The zero-order chi connectivity index (χ0) is 9.54. The van der Waals surface area contributed by atoms with E-state index in [4.69, 9.17) is 0 Å². The van der Waals surface area contributed by atoms with Crippen molar-refractivity contribution in [3.8, 4) is 5.00 Å². The van der Waals surface area contributed by atoms with E-state index < -0.39 is 0 Å². The van der Waals surface area contributed by atoms with Crippen molar-refractivity contribution in [3.63, 3.8) is 0 Å². The van der Waals surface area contributed by atoms with E-state index in [1.54, 1.807) is 11.3 Å². The van der Waals surface area contributed by atoms with Gasteiger partial charge in [0.2, 0.25) is 0 Å². The summed E-state index contributed by atoms with van der Waals surface area (Å²) in [5.41, 5.74) is 3.85. The van der Waals surface area contributed by atoms with Crippen LogP contribution in [-0.2, 0) is 13.1 Å². The number of rotatable bonds is 1. The molecular weight excluding hydrogens is 194 g/mol. The third kappa shape index (κ3) is 1.04. The van der Waals surface area contributed by atoms with Crippen LogP contribution in [0.25, 0.3) is 5.00 Å². The lowest BCUT2D eigenvalue weighted by atomic mass is 10.2. The Balaban J connectivity index is 2.17. The molecule has 3 heterocycles. The van der Waals surface area contributed by atoms with Crippen LogP contribution in [0.2, 0.25) is 0 Å². The summed E-state index contributed by atoms with van der Waals surface area (Å²) in [6.45, 7) is 4.01. The second-order valence-electron chi connectivity index (χ2n) is 3.48. The van der Waals surface area contributed by atoms with Gasteiger partial charge in [0, 0.05) is 24.3 Å². The molecule has 0 aromatic carbocycles. The number of hydrogen-bond acceptors (Lipinski definition) is 3. The predicted octanol–water partition coefficient (Wildman–Crippen LogP) is 1.85. The summed E-state index contributed by atoms with van der Waals surface area (Å²) in [5.74, 6) is 0. The topological polar surface area (TPSA) is 29.9 Å². The highest BCUT2D eigenvalue weighted by Crippen LogP contribution is 2.23. The first-order valence-corrected chi connectivity index (χ1v) is 5.56. The largest absolute Gasteiger partial charge is 0.307 e. The van der Waals surface area contributed by atoms with Gasteiger partial charge >= 0.3 is 0 Å². The summed E-state index contributed by atoms with van der Waals surface area (Å²) < 4.78 is 2.05. The van der Waals surface area contributed by atoms with Crippen LogP contribution in [-0.4, -0.2) is 9.78 Å². The van der Waals surface area contributed by atoms with E-state index in [0.29, 0.717) is 0 Å². The molecule has 0 fully saturated rings. The first-order valence-electron chi connectivity index (χ1n) is 4.68. The van der Waals surface area contributed by atoms with Crippen molar-refractivity contribution in [2.75, 3.05) is 0 Å². The number of thiophene rings is 1. The molecule has 0 bridgehead atoms. The van der Waals surface area contributed by atoms with Crippen molar-refractivity contribution in [2.24, 2.45) is 0 Å². The van der Waals surface area contributed by atoms with Gasteiger partial charge in [-0.25, -0.2) is 4.68 Å². The van der Waals surface area contributed by atoms with E-state index in [0.717, 1.165) is 13.1 Å². The van der Waals surface area contributed by atoms with Crippen molar-refractivity contribution in [1.82, 2.24) is 15.1 Å². The molecule has 0 unspecified atom stereocenters. The Morgan fingerprint density at radius 1 is 1.50 bits per heavy atom. The van der Waals surface area contributed by atoms with Gasteiger partial charge in [0.05, 0.1) is 5.69 Å². The van der Waals surface area contributed by atoms with Gasteiger partial charge in [-0.3, -0.25) is 0 Å². The summed E-state index contributed by atoms with van der Waals surface area (Å²) in [4.78, 5) is 0. The molecule has 0 amide bonds. The number of nitrogens with zero attached hydrogens (tertiary/aromatic N) is 2. The van der Waals surface area contributed by atoms with E-state index in [-0.39, 0.29) is 0 Å². The first-order chi connectivity index (χ1) is 6.86. The second-order valence-corrected chi connectivity index (χ2v) is 4.40. The average Bonchev–Trinajstić information content (AvgIpc) is 2.84. The van der Waals surface area contributed by atoms with Crippen LogP contribution < -0.4 is 5.32 Å². The molecule has 72 valence electrons. The predicted molar refractivity (Wildman–Crippen MR) is 56.7 cm³/mol. The standard InChI is InChI=1S/C10H11N3S/c1-7-8-5-11-6-9(8)12-13(7)10-3-2-4-14-10/h2-4,11H,5-6H2,1H3. The molecule has 0 spiro atoms. The average molecular weight is 205 g/mol. The van der Waals surface area contributed by atoms with Crippen LogP contribution in [0.4, 0.5) is 0 Å². The lowest BCUT2D eigenvalue weighted by molar-refractivity contribution is 0.714. The van der Waals surface area contributed by atoms with Crippen molar-refractivity contribution in [2.45, 2.75) is 20.0 Å². The highest BCUT2D eigenvalue weighted by atomic mass is 32.1. The number of aromatic nitrogens is 2. The molecule has 0 atom stereocenters. The summed E-state index contributed by atoms with van der Waals surface area (Å²) in [6, 6.07) is 4.16. The molecule has 2 aromatic rings. The summed E-state index contributed by atoms with van der Waals surface area (Å²) in [7, 11) is 0. The Labute approximate surface area is 86.4 Å². The van der Waals surface area contributed by atoms with Crippen LogP contribution in [0.15, 0.2) is 17.5 Å². The minimum Gasteiger partial charge on any atom is -0.307 e. The van der Waals surface area contributed by atoms with Crippen LogP contribution in [0.1, 0.15) is 17.0 Å². The second kappa shape index (κ2) is 2.93. The highest BCUT2D eigenvalue weighted by molar-refractivity contribution is 7.12. The first kappa shape index (κ1) is 8.20. The van der Waals surface area contributed by atoms with E-state index in [1.807, 2.05) is 0 Å². The molecule has 2 aromatic heterocycles. The summed E-state index contributed by atoms with van der Waals surface area (Å²) in [6.07, 6.45) is 0. The molecule has 0 saturated carbocycles. The van der Waals surface area contributed by atoms with Crippen LogP contribution in [0.5, 0.6) is 0 Å². The van der Waals surface area contributed by atoms with Gasteiger partial charge in [0.15, 0.2) is 0 Å². The molecule has 0 aliphatic carbocycles. The lowest BCUT2D eigenvalue weighted by Crippen LogP contribution is -2.06. The number of nitrogens with one attached hydrogen (secondary N) is 1. The van der Waals surface area contributed by atoms with E-state index in [9.17, 15) is 0 Å². The molecule has 0 radical (unpaired) electrons. The molecule has 3 rings (SSSR count). The van der Waals surface area contributed by atoms with E-state index >= 15 is 0 Å². The normalized spacial score (nSPS) is 14.6. The van der Waals surface area contributed by atoms with Gasteiger partial charge in [0.1, 0.15) is 5.00 Å². The fourth-order valence-corrected chi connectivity index (χ4v) is 2.61. The third-order valence-corrected chi connectivity index (χ3v) is 3.48. The zero-order valence-corrected chi connectivity index (χ0v) is 8.77. The zero-order valence-electron chi connectivity index (χ0n) is 7.95. The van der Waals surface area contributed by atoms with Crippen molar-refractivity contribution in [1.29, 1.82) is 0 Å². The number of fused-ring (bicyclic) bond motifs is 1. The molecule has 4 heteroatoms. The van der Waals surface area contributed by atoms with Crippen molar-refractivity contribution >= 4 is 11.3 Å². The van der Waals surface area contributed by atoms with Gasteiger partial charge in [0.25, 0.3) is 0 Å². The number of hydrogen-bond donors (Lipinski definition) is 1. The van der Waals surface area contributed by atoms with Gasteiger partial charge in [-0.05, 0) is 24.4 Å². The minimum absolute atomic E-state index is 0.911. The fraction of sp³-hybridized carbons (Fsp3) is 0.300. The summed E-state index contributed by atoms with van der Waals surface area (Å²) in [5, 5.41) is 11.2. The molecule has 1 N–H and O–H groups in total. The lowest BCUT2D eigenvalue weighted by Gasteiger charge is -2.01. The molecule has 14 heavy (non-hydrogen) atoms. The Bertz CT molecular complexity index is 456.